The topological polar surface area (TPSA) is 112 Å². The fourth-order valence-electron chi connectivity index (χ4n) is 3.86. The summed E-state index contributed by atoms with van der Waals surface area (Å²) in [5.41, 5.74) is 4.07. The maximum Gasteiger partial charge on any atom is 0.220 e. The number of aromatic hydroxyl groups is 1. The number of aryl methyl sites for hydroxylation is 2. The molecule has 3 N–H and O–H groups in total. The van der Waals surface area contributed by atoms with Gasteiger partial charge < -0.3 is 15.8 Å². The summed E-state index contributed by atoms with van der Waals surface area (Å²) in [4.78, 5) is 25.8. The van der Waals surface area contributed by atoms with E-state index in [4.69, 9.17) is 5.41 Å². The molecular formula is C27H27N5O2. The Bertz CT molecular complexity index is 1340. The van der Waals surface area contributed by atoms with Crippen LogP contribution in [0.25, 0.3) is 22.3 Å². The molecule has 34 heavy (non-hydrogen) atoms. The van der Waals surface area contributed by atoms with E-state index in [-0.39, 0.29) is 17.7 Å². The van der Waals surface area contributed by atoms with E-state index in [2.05, 4.69) is 20.3 Å². The number of benzene rings is 2. The Morgan fingerprint density at radius 2 is 1.94 bits per heavy atom. The Morgan fingerprint density at radius 1 is 1.12 bits per heavy atom. The molecule has 0 radical (unpaired) electrons. The van der Waals surface area contributed by atoms with E-state index in [9.17, 15) is 9.90 Å². The number of carbonyl (C=O) groups is 1. The van der Waals surface area contributed by atoms with E-state index in [0.29, 0.717) is 47.6 Å². The lowest BCUT2D eigenvalue weighted by Crippen LogP contribution is -2.34. The monoisotopic (exact) mass is 453 g/mol. The Morgan fingerprint density at radius 3 is 2.71 bits per heavy atom. The van der Waals surface area contributed by atoms with E-state index < -0.39 is 0 Å². The first kappa shape index (κ1) is 23.0. The third-order valence-electron chi connectivity index (χ3n) is 5.56. The Kier molecular flexibility index (Phi) is 6.92. The van der Waals surface area contributed by atoms with Crippen molar-refractivity contribution in [3.63, 3.8) is 0 Å². The number of fused-ring (bicyclic) bond motifs is 1. The van der Waals surface area contributed by atoms with Crippen LogP contribution in [0.1, 0.15) is 36.6 Å². The smallest absolute Gasteiger partial charge is 0.220 e. The highest BCUT2D eigenvalue weighted by Crippen LogP contribution is 2.29. The van der Waals surface area contributed by atoms with Crippen molar-refractivity contribution in [1.29, 1.82) is 5.41 Å². The summed E-state index contributed by atoms with van der Waals surface area (Å²) >= 11 is 0. The number of hydrogen-bond acceptors (Lipinski definition) is 6. The van der Waals surface area contributed by atoms with Crippen molar-refractivity contribution >= 4 is 22.5 Å². The molecule has 0 aliphatic heterocycles. The third kappa shape index (κ3) is 5.43. The van der Waals surface area contributed by atoms with Crippen LogP contribution < -0.4 is 5.32 Å². The summed E-state index contributed by atoms with van der Waals surface area (Å²) in [6, 6.07) is 16.3. The predicted molar refractivity (Wildman–Crippen MR) is 133 cm³/mol. The van der Waals surface area contributed by atoms with Crippen molar-refractivity contribution in [2.45, 2.75) is 39.2 Å². The summed E-state index contributed by atoms with van der Waals surface area (Å²) < 4.78 is 0. The van der Waals surface area contributed by atoms with Crippen LogP contribution in [-0.4, -0.2) is 37.7 Å². The first-order valence-corrected chi connectivity index (χ1v) is 11.2. The molecule has 4 rings (SSSR count). The minimum Gasteiger partial charge on any atom is -0.507 e. The maximum atomic E-state index is 12.4. The average Bonchev–Trinajstić information content (AvgIpc) is 2.82. The van der Waals surface area contributed by atoms with Crippen molar-refractivity contribution < 1.29 is 9.90 Å². The second-order valence-corrected chi connectivity index (χ2v) is 8.45. The molecule has 0 saturated heterocycles. The van der Waals surface area contributed by atoms with Crippen molar-refractivity contribution in [1.82, 2.24) is 20.3 Å². The standard InChI is InChI=1S/C27H27N5O2/c1-17-9-11-20-23(14-17)31-27(21-7-3-4-8-24(21)33)32-26(20)22(28)15-18(2)30-25(34)12-10-19-6-5-13-29-16-19/h3-9,11,13-14,16,18,28,33H,10,12,15H2,1-2H3,(H,30,34)/t18-/m1/s1. The summed E-state index contributed by atoms with van der Waals surface area (Å²) in [5, 5.41) is 22.8. The van der Waals surface area contributed by atoms with Gasteiger partial charge in [0.2, 0.25) is 5.91 Å². The molecule has 1 amide bonds. The third-order valence-corrected chi connectivity index (χ3v) is 5.56. The minimum atomic E-state index is -0.238. The number of nitrogens with one attached hydrogen (secondary N) is 2. The lowest BCUT2D eigenvalue weighted by Gasteiger charge is -2.16. The number of pyridine rings is 1. The van der Waals surface area contributed by atoms with Crippen molar-refractivity contribution in [3.8, 4) is 17.1 Å². The Hall–Kier alpha value is -4.13. The molecule has 0 unspecified atom stereocenters. The fraction of sp³-hybridized carbons (Fsp3) is 0.222. The van der Waals surface area contributed by atoms with Gasteiger partial charge in [0, 0.05) is 36.7 Å². The number of para-hydroxylation sites is 1. The molecule has 172 valence electrons. The fourth-order valence-corrected chi connectivity index (χ4v) is 3.86. The lowest BCUT2D eigenvalue weighted by molar-refractivity contribution is -0.121. The van der Waals surface area contributed by atoms with Crippen LogP contribution in [0.4, 0.5) is 0 Å². The molecular weight excluding hydrogens is 426 g/mol. The van der Waals surface area contributed by atoms with Crippen LogP contribution in [0, 0.1) is 12.3 Å². The van der Waals surface area contributed by atoms with Crippen LogP contribution in [-0.2, 0) is 11.2 Å². The minimum absolute atomic E-state index is 0.0674. The molecule has 2 aromatic carbocycles. The van der Waals surface area contributed by atoms with Gasteiger partial charge in [-0.15, -0.1) is 0 Å². The number of hydrogen-bond donors (Lipinski definition) is 3. The van der Waals surface area contributed by atoms with Gasteiger partial charge in [0.1, 0.15) is 5.75 Å². The van der Waals surface area contributed by atoms with Gasteiger partial charge in [0.15, 0.2) is 5.82 Å². The van der Waals surface area contributed by atoms with Crippen LogP contribution in [0.2, 0.25) is 0 Å². The second-order valence-electron chi connectivity index (χ2n) is 8.45. The molecule has 4 aromatic rings. The quantitative estimate of drug-likeness (QED) is 0.338. The van der Waals surface area contributed by atoms with Gasteiger partial charge >= 0.3 is 0 Å². The molecule has 7 nitrogen and oxygen atoms in total. The van der Waals surface area contributed by atoms with Crippen molar-refractivity contribution in [3.05, 3.63) is 83.8 Å². The normalized spacial score (nSPS) is 11.8. The molecule has 0 spiro atoms. The van der Waals surface area contributed by atoms with E-state index in [1.54, 1.807) is 30.6 Å². The number of phenols is 1. The first-order valence-electron chi connectivity index (χ1n) is 11.2. The van der Waals surface area contributed by atoms with Crippen LogP contribution in [0.3, 0.4) is 0 Å². The largest absolute Gasteiger partial charge is 0.507 e. The van der Waals surface area contributed by atoms with Crippen LogP contribution >= 0.6 is 0 Å². The van der Waals surface area contributed by atoms with Gasteiger partial charge in [0.25, 0.3) is 0 Å². The first-order chi connectivity index (χ1) is 16.4. The zero-order valence-corrected chi connectivity index (χ0v) is 19.2. The number of nitrogens with zero attached hydrogens (tertiary/aromatic N) is 3. The van der Waals surface area contributed by atoms with Gasteiger partial charge in [-0.25, -0.2) is 9.97 Å². The van der Waals surface area contributed by atoms with E-state index >= 15 is 0 Å². The van der Waals surface area contributed by atoms with Crippen LogP contribution in [0.15, 0.2) is 67.0 Å². The van der Waals surface area contributed by atoms with E-state index in [0.717, 1.165) is 16.5 Å². The lowest BCUT2D eigenvalue weighted by atomic mass is 10.0. The zero-order chi connectivity index (χ0) is 24.1. The Labute approximate surface area is 198 Å². The summed E-state index contributed by atoms with van der Waals surface area (Å²) in [6.07, 6.45) is 4.76. The Balaban J connectivity index is 1.53. The number of phenolic OH excluding ortho intramolecular Hbond substituents is 1. The molecule has 7 heteroatoms. The van der Waals surface area contributed by atoms with Gasteiger partial charge in [-0.3, -0.25) is 9.78 Å². The van der Waals surface area contributed by atoms with E-state index in [1.807, 2.05) is 50.2 Å². The van der Waals surface area contributed by atoms with Gasteiger partial charge in [-0.05, 0) is 55.7 Å². The number of aromatic nitrogens is 3. The number of rotatable bonds is 8. The maximum absolute atomic E-state index is 12.4. The zero-order valence-electron chi connectivity index (χ0n) is 19.2. The summed E-state index contributed by atoms with van der Waals surface area (Å²) in [5.74, 6) is 0.382. The number of carbonyl (C=O) groups excluding carboxylic acids is 1. The number of amides is 1. The highest BCUT2D eigenvalue weighted by molar-refractivity contribution is 6.07. The SMILES string of the molecule is Cc1ccc2c(C(=N)C[C@@H](C)NC(=O)CCc3cccnc3)nc(-c3ccccc3O)nc2c1. The molecule has 0 aliphatic carbocycles. The molecule has 0 aliphatic rings. The molecule has 0 saturated carbocycles. The van der Waals surface area contributed by atoms with E-state index in [1.165, 1.54) is 0 Å². The van der Waals surface area contributed by atoms with Crippen molar-refractivity contribution in [2.24, 2.45) is 0 Å². The molecule has 0 fully saturated rings. The van der Waals surface area contributed by atoms with Gasteiger partial charge in [0.05, 0.1) is 22.5 Å². The average molecular weight is 454 g/mol. The van der Waals surface area contributed by atoms with Gasteiger partial charge in [-0.2, -0.15) is 0 Å². The summed E-state index contributed by atoms with van der Waals surface area (Å²) in [7, 11) is 0. The second kappa shape index (κ2) is 10.2. The molecule has 0 bridgehead atoms. The molecule has 2 aromatic heterocycles. The molecule has 2 heterocycles. The van der Waals surface area contributed by atoms with Crippen molar-refractivity contribution in [2.75, 3.05) is 0 Å². The highest BCUT2D eigenvalue weighted by Gasteiger charge is 2.18. The molecule has 1 atom stereocenters. The van der Waals surface area contributed by atoms with Gasteiger partial charge in [-0.1, -0.05) is 30.3 Å². The predicted octanol–water partition coefficient (Wildman–Crippen LogP) is 4.60. The summed E-state index contributed by atoms with van der Waals surface area (Å²) in [6.45, 7) is 3.86. The highest BCUT2D eigenvalue weighted by atomic mass is 16.3. The van der Waals surface area contributed by atoms with Crippen LogP contribution in [0.5, 0.6) is 5.75 Å².